The second-order valence-corrected chi connectivity index (χ2v) is 6.69. The van der Waals surface area contributed by atoms with Crippen molar-refractivity contribution in [3.63, 3.8) is 0 Å². The predicted molar refractivity (Wildman–Crippen MR) is 66.4 cm³/mol. The quantitative estimate of drug-likeness (QED) is 0.813. The van der Waals surface area contributed by atoms with E-state index in [2.05, 4.69) is 0 Å². The molecule has 0 saturated carbocycles. The van der Waals surface area contributed by atoms with Crippen LogP contribution in [0.15, 0.2) is 24.3 Å². The molecule has 0 atom stereocenters. The molecule has 0 radical (unpaired) electrons. The molecule has 0 amide bonds. The molecular weight excluding hydrogens is 224 g/mol. The molecule has 90 valence electrons. The summed E-state index contributed by atoms with van der Waals surface area (Å²) in [4.78, 5) is 0. The summed E-state index contributed by atoms with van der Waals surface area (Å²) in [6.45, 7) is 3.73. The van der Waals surface area contributed by atoms with E-state index in [1.807, 2.05) is 12.1 Å². The maximum absolute atomic E-state index is 11.8. The van der Waals surface area contributed by atoms with Gasteiger partial charge >= 0.3 is 0 Å². The Bertz CT molecular complexity index is 438. The zero-order valence-corrected chi connectivity index (χ0v) is 10.7. The Morgan fingerprint density at radius 2 is 1.75 bits per heavy atom. The molecule has 0 heterocycles. The third-order valence-corrected chi connectivity index (χ3v) is 4.60. The molecule has 5 heteroatoms. The van der Waals surface area contributed by atoms with Crippen LogP contribution < -0.4 is 5.73 Å². The largest absolute Gasteiger partial charge is 0.399 e. The number of sulfonamides is 1. The molecule has 0 spiro atoms. The SMILES string of the molecule is CC(C)S(=O)(=O)N(C)Cc1ccc(N)cc1. The normalized spacial score (nSPS) is 12.3. The zero-order chi connectivity index (χ0) is 12.3. The topological polar surface area (TPSA) is 63.4 Å². The zero-order valence-electron chi connectivity index (χ0n) is 9.84. The van der Waals surface area contributed by atoms with E-state index in [-0.39, 0.29) is 0 Å². The van der Waals surface area contributed by atoms with Crippen molar-refractivity contribution in [1.82, 2.24) is 4.31 Å². The van der Waals surface area contributed by atoms with Gasteiger partial charge in [-0.2, -0.15) is 0 Å². The monoisotopic (exact) mass is 242 g/mol. The van der Waals surface area contributed by atoms with Gasteiger partial charge in [-0.15, -0.1) is 0 Å². The van der Waals surface area contributed by atoms with Crippen LogP contribution in [0.2, 0.25) is 0 Å². The van der Waals surface area contributed by atoms with E-state index >= 15 is 0 Å². The summed E-state index contributed by atoms with van der Waals surface area (Å²) in [7, 11) is -1.59. The van der Waals surface area contributed by atoms with Crippen molar-refractivity contribution < 1.29 is 8.42 Å². The maximum atomic E-state index is 11.8. The summed E-state index contributed by atoms with van der Waals surface area (Å²) in [5, 5.41) is -0.397. The minimum atomic E-state index is -3.18. The van der Waals surface area contributed by atoms with Gasteiger partial charge in [-0.05, 0) is 31.5 Å². The molecule has 1 aromatic rings. The number of hydrogen-bond donors (Lipinski definition) is 1. The predicted octanol–water partition coefficient (Wildman–Crippen LogP) is 1.44. The Morgan fingerprint density at radius 3 is 2.19 bits per heavy atom. The molecule has 0 saturated heterocycles. The second kappa shape index (κ2) is 4.84. The molecule has 0 fully saturated rings. The molecule has 1 aromatic carbocycles. The molecule has 4 nitrogen and oxygen atoms in total. The van der Waals surface area contributed by atoms with Gasteiger partial charge < -0.3 is 5.73 Å². The van der Waals surface area contributed by atoms with Crippen LogP contribution in [0.3, 0.4) is 0 Å². The van der Waals surface area contributed by atoms with Gasteiger partial charge in [0.2, 0.25) is 10.0 Å². The summed E-state index contributed by atoms with van der Waals surface area (Å²) in [6.07, 6.45) is 0. The summed E-state index contributed by atoms with van der Waals surface area (Å²) in [5.41, 5.74) is 7.17. The van der Waals surface area contributed by atoms with Crippen LogP contribution in [0.5, 0.6) is 0 Å². The highest BCUT2D eigenvalue weighted by Crippen LogP contribution is 2.12. The summed E-state index contributed by atoms with van der Waals surface area (Å²) >= 11 is 0. The smallest absolute Gasteiger partial charge is 0.216 e. The highest BCUT2D eigenvalue weighted by atomic mass is 32.2. The second-order valence-electron chi connectivity index (χ2n) is 4.09. The fourth-order valence-corrected chi connectivity index (χ4v) is 2.38. The molecule has 0 aromatic heterocycles. The Hall–Kier alpha value is -1.07. The molecule has 0 bridgehead atoms. The van der Waals surface area contributed by atoms with Gasteiger partial charge in [-0.1, -0.05) is 12.1 Å². The third-order valence-electron chi connectivity index (χ3n) is 2.42. The van der Waals surface area contributed by atoms with E-state index in [0.717, 1.165) is 5.56 Å². The van der Waals surface area contributed by atoms with Crippen LogP contribution in [0.25, 0.3) is 0 Å². The Balaban J connectivity index is 2.79. The van der Waals surface area contributed by atoms with Crippen molar-refractivity contribution in [2.24, 2.45) is 0 Å². The lowest BCUT2D eigenvalue weighted by atomic mass is 10.2. The van der Waals surface area contributed by atoms with Crippen LogP contribution in [0.4, 0.5) is 5.69 Å². The average molecular weight is 242 g/mol. The average Bonchev–Trinajstić information content (AvgIpc) is 2.21. The maximum Gasteiger partial charge on any atom is 0.216 e. The summed E-state index contributed by atoms with van der Waals surface area (Å²) in [6, 6.07) is 7.21. The van der Waals surface area contributed by atoms with Gasteiger partial charge in [0.1, 0.15) is 0 Å². The van der Waals surface area contributed by atoms with Gasteiger partial charge in [0.05, 0.1) is 5.25 Å². The number of anilines is 1. The first-order valence-corrected chi connectivity index (χ1v) is 6.64. The highest BCUT2D eigenvalue weighted by Gasteiger charge is 2.21. The van der Waals surface area contributed by atoms with Crippen molar-refractivity contribution in [2.45, 2.75) is 25.6 Å². The van der Waals surface area contributed by atoms with Crippen molar-refractivity contribution >= 4 is 15.7 Å². The van der Waals surface area contributed by atoms with Gasteiger partial charge in [-0.25, -0.2) is 12.7 Å². The minimum absolute atomic E-state index is 0.376. The van der Waals surface area contributed by atoms with E-state index in [4.69, 9.17) is 5.73 Å². The standard InChI is InChI=1S/C11H18N2O2S/c1-9(2)16(14,15)13(3)8-10-4-6-11(12)7-5-10/h4-7,9H,8,12H2,1-3H3. The molecule has 0 unspecified atom stereocenters. The molecule has 0 aliphatic rings. The van der Waals surface area contributed by atoms with E-state index in [1.165, 1.54) is 4.31 Å². The van der Waals surface area contributed by atoms with Gasteiger partial charge in [0, 0.05) is 19.3 Å². The van der Waals surface area contributed by atoms with Crippen molar-refractivity contribution in [1.29, 1.82) is 0 Å². The van der Waals surface area contributed by atoms with E-state index < -0.39 is 15.3 Å². The van der Waals surface area contributed by atoms with Crippen LogP contribution in [0.1, 0.15) is 19.4 Å². The van der Waals surface area contributed by atoms with E-state index in [9.17, 15) is 8.42 Å². The number of rotatable bonds is 4. The first-order valence-electron chi connectivity index (χ1n) is 5.13. The Labute approximate surface area is 97.1 Å². The van der Waals surface area contributed by atoms with E-state index in [1.54, 1.807) is 33.0 Å². The number of nitrogens with two attached hydrogens (primary N) is 1. The van der Waals surface area contributed by atoms with Gasteiger partial charge in [-0.3, -0.25) is 0 Å². The van der Waals surface area contributed by atoms with Gasteiger partial charge in [0.15, 0.2) is 0 Å². The van der Waals surface area contributed by atoms with Crippen molar-refractivity contribution in [2.75, 3.05) is 12.8 Å². The summed E-state index contributed by atoms with van der Waals surface area (Å²) in [5.74, 6) is 0. The molecule has 1 rings (SSSR count). The first-order chi connectivity index (χ1) is 7.34. The van der Waals surface area contributed by atoms with Gasteiger partial charge in [0.25, 0.3) is 0 Å². The number of nitrogen functional groups attached to an aromatic ring is 1. The van der Waals surface area contributed by atoms with Crippen LogP contribution in [0, 0.1) is 0 Å². The Kier molecular flexibility index (Phi) is 3.93. The van der Waals surface area contributed by atoms with E-state index in [0.29, 0.717) is 12.2 Å². The molecule has 0 aliphatic heterocycles. The lowest BCUT2D eigenvalue weighted by Crippen LogP contribution is -2.32. The molecule has 2 N–H and O–H groups in total. The minimum Gasteiger partial charge on any atom is -0.399 e. The number of hydrogen-bond acceptors (Lipinski definition) is 3. The van der Waals surface area contributed by atoms with Crippen LogP contribution >= 0.6 is 0 Å². The number of nitrogens with zero attached hydrogens (tertiary/aromatic N) is 1. The summed E-state index contributed by atoms with van der Waals surface area (Å²) < 4.78 is 25.0. The molecule has 16 heavy (non-hydrogen) atoms. The first kappa shape index (κ1) is 13.0. The third kappa shape index (κ3) is 2.96. The van der Waals surface area contributed by atoms with Crippen LogP contribution in [-0.4, -0.2) is 25.0 Å². The Morgan fingerprint density at radius 1 is 1.25 bits per heavy atom. The molecule has 0 aliphatic carbocycles. The van der Waals surface area contributed by atoms with Crippen molar-refractivity contribution in [3.05, 3.63) is 29.8 Å². The lowest BCUT2D eigenvalue weighted by Gasteiger charge is -2.19. The fraction of sp³-hybridized carbons (Fsp3) is 0.455. The highest BCUT2D eigenvalue weighted by molar-refractivity contribution is 7.89. The van der Waals surface area contributed by atoms with Crippen molar-refractivity contribution in [3.8, 4) is 0 Å². The molecular formula is C11H18N2O2S. The fourth-order valence-electron chi connectivity index (χ4n) is 1.33. The number of benzene rings is 1. The van der Waals surface area contributed by atoms with Crippen LogP contribution in [-0.2, 0) is 16.6 Å². The lowest BCUT2D eigenvalue weighted by molar-refractivity contribution is 0.459.